The van der Waals surface area contributed by atoms with Crippen LogP contribution in [0.1, 0.15) is 5.56 Å². The predicted octanol–water partition coefficient (Wildman–Crippen LogP) is 4.68. The molecule has 128 valence electrons. The Bertz CT molecular complexity index is 899. The van der Waals surface area contributed by atoms with Crippen LogP contribution >= 0.6 is 27.7 Å². The second kappa shape index (κ2) is 7.79. The number of halogens is 2. The minimum atomic E-state index is -0.399. The van der Waals surface area contributed by atoms with Gasteiger partial charge < -0.3 is 9.73 Å². The molecule has 3 rings (SSSR count). The van der Waals surface area contributed by atoms with Crippen molar-refractivity contribution in [3.05, 3.63) is 58.3 Å². The lowest BCUT2D eigenvalue weighted by molar-refractivity contribution is -0.113. The van der Waals surface area contributed by atoms with Crippen LogP contribution in [0.25, 0.3) is 11.5 Å². The van der Waals surface area contributed by atoms with Gasteiger partial charge in [0.2, 0.25) is 11.8 Å². The Hall–Kier alpha value is -2.19. The number of aromatic nitrogens is 2. The molecule has 0 unspecified atom stereocenters. The summed E-state index contributed by atoms with van der Waals surface area (Å²) in [5.74, 6) is -0.208. The molecule has 0 aliphatic carbocycles. The number of benzene rings is 2. The lowest BCUT2D eigenvalue weighted by atomic mass is 10.2. The molecule has 0 saturated carbocycles. The minimum Gasteiger partial charge on any atom is -0.411 e. The molecule has 0 radical (unpaired) electrons. The summed E-state index contributed by atoms with van der Waals surface area (Å²) in [6.07, 6.45) is 0. The molecule has 2 aromatic carbocycles. The van der Waals surface area contributed by atoms with Crippen molar-refractivity contribution in [2.24, 2.45) is 0 Å². The maximum absolute atomic E-state index is 13.2. The van der Waals surface area contributed by atoms with Gasteiger partial charge in [-0.3, -0.25) is 4.79 Å². The van der Waals surface area contributed by atoms with Gasteiger partial charge in [0.15, 0.2) is 0 Å². The third kappa shape index (κ3) is 4.67. The van der Waals surface area contributed by atoms with Gasteiger partial charge in [0.05, 0.1) is 5.75 Å². The van der Waals surface area contributed by atoms with Gasteiger partial charge >= 0.3 is 0 Å². The Kier molecular flexibility index (Phi) is 5.50. The Morgan fingerprint density at radius 2 is 2.00 bits per heavy atom. The molecule has 1 heterocycles. The van der Waals surface area contributed by atoms with E-state index in [-0.39, 0.29) is 11.7 Å². The molecule has 1 amide bonds. The van der Waals surface area contributed by atoms with Crippen LogP contribution in [0.15, 0.2) is 56.6 Å². The molecule has 0 spiro atoms. The quantitative estimate of drug-likeness (QED) is 0.605. The van der Waals surface area contributed by atoms with Gasteiger partial charge in [-0.25, -0.2) is 4.39 Å². The van der Waals surface area contributed by atoms with E-state index in [1.54, 1.807) is 13.0 Å². The number of hydrogen-bond donors (Lipinski definition) is 1. The van der Waals surface area contributed by atoms with Crippen molar-refractivity contribution in [3.8, 4) is 11.5 Å². The summed E-state index contributed by atoms with van der Waals surface area (Å²) >= 11 is 4.48. The van der Waals surface area contributed by atoms with Crippen LogP contribution in [-0.4, -0.2) is 21.9 Å². The zero-order chi connectivity index (χ0) is 17.8. The van der Waals surface area contributed by atoms with Gasteiger partial charge in [-0.1, -0.05) is 33.8 Å². The van der Waals surface area contributed by atoms with Crippen molar-refractivity contribution in [2.45, 2.75) is 12.1 Å². The maximum atomic E-state index is 13.2. The first-order valence-electron chi connectivity index (χ1n) is 7.29. The normalized spacial score (nSPS) is 10.7. The van der Waals surface area contributed by atoms with Gasteiger partial charge in [-0.15, -0.1) is 10.2 Å². The molecule has 0 atom stereocenters. The Morgan fingerprint density at radius 3 is 2.76 bits per heavy atom. The highest BCUT2D eigenvalue weighted by Crippen LogP contribution is 2.24. The molecule has 0 bridgehead atoms. The summed E-state index contributed by atoms with van der Waals surface area (Å²) in [7, 11) is 0. The fourth-order valence-corrected chi connectivity index (χ4v) is 2.85. The van der Waals surface area contributed by atoms with Crippen LogP contribution in [0.5, 0.6) is 0 Å². The SMILES string of the molecule is Cc1ccc(F)cc1NC(=O)CSc1nnc(-c2ccc(Br)cc2)o1. The number of thioether (sulfide) groups is 1. The molecule has 0 saturated heterocycles. The summed E-state index contributed by atoms with van der Waals surface area (Å²) in [5.41, 5.74) is 2.03. The number of anilines is 1. The first-order chi connectivity index (χ1) is 12.0. The molecular weight excluding hydrogens is 409 g/mol. The standard InChI is InChI=1S/C17H13BrFN3O2S/c1-10-2-7-13(19)8-14(10)20-15(23)9-25-17-22-21-16(24-17)11-3-5-12(18)6-4-11/h2-8H,9H2,1H3,(H,20,23). The zero-order valence-electron chi connectivity index (χ0n) is 13.1. The highest BCUT2D eigenvalue weighted by atomic mass is 79.9. The van der Waals surface area contributed by atoms with Crippen LogP contribution in [0, 0.1) is 12.7 Å². The average Bonchev–Trinajstić information content (AvgIpc) is 3.06. The lowest BCUT2D eigenvalue weighted by Gasteiger charge is -2.07. The lowest BCUT2D eigenvalue weighted by Crippen LogP contribution is -2.15. The van der Waals surface area contributed by atoms with Gasteiger partial charge in [0.1, 0.15) is 5.82 Å². The van der Waals surface area contributed by atoms with E-state index in [2.05, 4.69) is 31.4 Å². The van der Waals surface area contributed by atoms with Crippen molar-refractivity contribution < 1.29 is 13.6 Å². The van der Waals surface area contributed by atoms with Crippen molar-refractivity contribution >= 4 is 39.3 Å². The van der Waals surface area contributed by atoms with E-state index in [1.807, 2.05) is 24.3 Å². The van der Waals surface area contributed by atoms with Gasteiger partial charge in [0, 0.05) is 15.7 Å². The van der Waals surface area contributed by atoms with Crippen LogP contribution < -0.4 is 5.32 Å². The van der Waals surface area contributed by atoms with Crippen LogP contribution in [0.3, 0.4) is 0 Å². The van der Waals surface area contributed by atoms with Gasteiger partial charge in [-0.05, 0) is 48.9 Å². The molecule has 8 heteroatoms. The fraction of sp³-hybridized carbons (Fsp3) is 0.118. The van der Waals surface area contributed by atoms with E-state index in [0.717, 1.165) is 27.4 Å². The van der Waals surface area contributed by atoms with Gasteiger partial charge in [-0.2, -0.15) is 0 Å². The van der Waals surface area contributed by atoms with E-state index in [1.165, 1.54) is 12.1 Å². The predicted molar refractivity (Wildman–Crippen MR) is 97.9 cm³/mol. The number of amides is 1. The highest BCUT2D eigenvalue weighted by molar-refractivity contribution is 9.10. The smallest absolute Gasteiger partial charge is 0.277 e. The molecule has 1 aromatic heterocycles. The van der Waals surface area contributed by atoms with Gasteiger partial charge in [0.25, 0.3) is 5.22 Å². The van der Waals surface area contributed by atoms with Crippen LogP contribution in [0.2, 0.25) is 0 Å². The second-order valence-electron chi connectivity index (χ2n) is 5.18. The summed E-state index contributed by atoms with van der Waals surface area (Å²) in [6.45, 7) is 1.80. The molecule has 5 nitrogen and oxygen atoms in total. The molecule has 0 aliphatic heterocycles. The van der Waals surface area contributed by atoms with E-state index in [0.29, 0.717) is 16.8 Å². The third-order valence-electron chi connectivity index (χ3n) is 3.30. The molecule has 3 aromatic rings. The van der Waals surface area contributed by atoms with Crippen molar-refractivity contribution in [1.29, 1.82) is 0 Å². The summed E-state index contributed by atoms with van der Waals surface area (Å²) in [6, 6.07) is 11.7. The minimum absolute atomic E-state index is 0.0813. The number of nitrogens with one attached hydrogen (secondary N) is 1. The maximum Gasteiger partial charge on any atom is 0.277 e. The van der Waals surface area contributed by atoms with Crippen molar-refractivity contribution in [1.82, 2.24) is 10.2 Å². The number of carbonyl (C=O) groups excluding carboxylic acids is 1. The molecular formula is C17H13BrFN3O2S. The zero-order valence-corrected chi connectivity index (χ0v) is 15.5. The van der Waals surface area contributed by atoms with Crippen molar-refractivity contribution in [3.63, 3.8) is 0 Å². The Labute approximate surface area is 156 Å². The van der Waals surface area contributed by atoms with E-state index >= 15 is 0 Å². The molecule has 1 N–H and O–H groups in total. The van der Waals surface area contributed by atoms with E-state index < -0.39 is 5.82 Å². The number of rotatable bonds is 5. The monoisotopic (exact) mass is 421 g/mol. The summed E-state index contributed by atoms with van der Waals surface area (Å²) in [4.78, 5) is 12.0. The number of nitrogens with zero attached hydrogens (tertiary/aromatic N) is 2. The third-order valence-corrected chi connectivity index (χ3v) is 4.65. The topological polar surface area (TPSA) is 68.0 Å². The number of aryl methyl sites for hydroxylation is 1. The molecule has 0 fully saturated rings. The largest absolute Gasteiger partial charge is 0.411 e. The number of hydrogen-bond acceptors (Lipinski definition) is 5. The Balaban J connectivity index is 1.59. The Morgan fingerprint density at radius 1 is 1.24 bits per heavy atom. The highest BCUT2D eigenvalue weighted by Gasteiger charge is 2.12. The van der Waals surface area contributed by atoms with Crippen LogP contribution in [-0.2, 0) is 4.79 Å². The first-order valence-corrected chi connectivity index (χ1v) is 9.07. The second-order valence-corrected chi connectivity index (χ2v) is 7.02. The van der Waals surface area contributed by atoms with E-state index in [9.17, 15) is 9.18 Å². The first kappa shape index (κ1) is 17.6. The summed E-state index contributed by atoms with van der Waals surface area (Å²) in [5, 5.41) is 10.9. The fourth-order valence-electron chi connectivity index (χ4n) is 2.02. The number of carbonyl (C=O) groups is 1. The van der Waals surface area contributed by atoms with Crippen molar-refractivity contribution in [2.75, 3.05) is 11.1 Å². The van der Waals surface area contributed by atoms with E-state index in [4.69, 9.17) is 4.42 Å². The molecule has 0 aliphatic rings. The molecule has 25 heavy (non-hydrogen) atoms. The average molecular weight is 422 g/mol. The summed E-state index contributed by atoms with van der Waals surface area (Å²) < 4.78 is 19.7. The van der Waals surface area contributed by atoms with Crippen LogP contribution in [0.4, 0.5) is 10.1 Å².